The number of piperazine rings is 1. The third-order valence-electron chi connectivity index (χ3n) is 4.93. The average Bonchev–Trinajstić information content (AvgIpc) is 2.46. The normalized spacial score (nSPS) is 17.5. The van der Waals surface area contributed by atoms with Gasteiger partial charge in [0.25, 0.3) is 0 Å². The lowest BCUT2D eigenvalue weighted by atomic mass is 9.78. The molecule has 0 bridgehead atoms. The number of hydrogen-bond acceptors (Lipinski definition) is 3. The Morgan fingerprint density at radius 3 is 1.82 bits per heavy atom. The zero-order valence-corrected chi connectivity index (χ0v) is 19.0. The highest BCUT2D eigenvalue weighted by Crippen LogP contribution is 2.46. The van der Waals surface area contributed by atoms with Gasteiger partial charge < -0.3 is 10.4 Å². The lowest BCUT2D eigenvalue weighted by Gasteiger charge is -2.38. The van der Waals surface area contributed by atoms with Gasteiger partial charge in [0.1, 0.15) is 11.8 Å². The maximum Gasteiger partial charge on any atom is 0.408 e. The number of benzene rings is 1. The molecule has 1 heterocycles. The Labute approximate surface area is 178 Å². The molecule has 1 fully saturated rings. The van der Waals surface area contributed by atoms with Crippen LogP contribution in [-0.4, -0.2) is 42.4 Å². The van der Waals surface area contributed by atoms with Gasteiger partial charge in [0.05, 0.1) is 0 Å². The number of nitrogens with one attached hydrogen (secondary N) is 1. The second-order valence-corrected chi connectivity index (χ2v) is 9.19. The summed E-state index contributed by atoms with van der Waals surface area (Å²) in [5.74, 6) is -0.230. The van der Waals surface area contributed by atoms with Crippen LogP contribution in [0.25, 0.3) is 0 Å². The molecule has 0 aromatic heterocycles. The van der Waals surface area contributed by atoms with E-state index >= 15 is 0 Å². The molecule has 0 amide bonds. The van der Waals surface area contributed by atoms with Crippen molar-refractivity contribution in [3.63, 3.8) is 0 Å². The van der Waals surface area contributed by atoms with Gasteiger partial charge in [-0.05, 0) is 28.0 Å². The maximum atomic E-state index is 14.1. The van der Waals surface area contributed by atoms with Crippen molar-refractivity contribution in [2.24, 2.45) is 0 Å². The molecule has 1 saturated heterocycles. The Morgan fingerprint density at radius 1 is 0.929 bits per heavy atom. The third kappa shape index (κ3) is 6.15. The predicted molar refractivity (Wildman–Crippen MR) is 113 cm³/mol. The van der Waals surface area contributed by atoms with E-state index in [4.69, 9.17) is 0 Å². The first-order valence-corrected chi connectivity index (χ1v) is 9.12. The number of phenols is 1. The summed E-state index contributed by atoms with van der Waals surface area (Å²) in [6, 6.07) is 1.60. The van der Waals surface area contributed by atoms with Crippen molar-refractivity contribution >= 4 is 24.8 Å². The van der Waals surface area contributed by atoms with Gasteiger partial charge in [-0.25, -0.2) is 0 Å². The molecule has 2 rings (SSSR count). The molecule has 1 atom stereocenters. The van der Waals surface area contributed by atoms with Crippen LogP contribution in [-0.2, 0) is 10.8 Å². The molecule has 28 heavy (non-hydrogen) atoms. The quantitative estimate of drug-likeness (QED) is 0.645. The van der Waals surface area contributed by atoms with E-state index in [1.165, 1.54) is 4.90 Å². The van der Waals surface area contributed by atoms with Crippen molar-refractivity contribution in [3.8, 4) is 5.75 Å². The first-order valence-electron chi connectivity index (χ1n) is 9.12. The van der Waals surface area contributed by atoms with Crippen molar-refractivity contribution < 1.29 is 18.3 Å². The van der Waals surface area contributed by atoms with Gasteiger partial charge in [0.15, 0.2) is 0 Å². The van der Waals surface area contributed by atoms with Gasteiger partial charge in [-0.2, -0.15) is 13.2 Å². The largest absolute Gasteiger partial charge is 0.507 e. The Morgan fingerprint density at radius 2 is 1.43 bits per heavy atom. The number of phenolic OH excluding ortho intramolecular Hbond substituents is 1. The summed E-state index contributed by atoms with van der Waals surface area (Å²) < 4.78 is 42.2. The third-order valence-corrected chi connectivity index (χ3v) is 4.93. The van der Waals surface area contributed by atoms with Gasteiger partial charge in [-0.15, -0.1) is 24.8 Å². The Hall–Kier alpha value is -0.690. The topological polar surface area (TPSA) is 35.5 Å². The Bertz CT molecular complexity index is 647. The van der Waals surface area contributed by atoms with Gasteiger partial charge >= 0.3 is 6.18 Å². The highest BCUT2D eigenvalue weighted by Gasteiger charge is 2.47. The summed E-state index contributed by atoms with van der Waals surface area (Å²) in [7, 11) is 0. The monoisotopic (exact) mass is 444 g/mol. The van der Waals surface area contributed by atoms with Gasteiger partial charge in [-0.1, -0.05) is 47.6 Å². The van der Waals surface area contributed by atoms with E-state index in [-0.39, 0.29) is 41.5 Å². The summed E-state index contributed by atoms with van der Waals surface area (Å²) in [5, 5.41) is 13.9. The minimum absolute atomic E-state index is 0. The van der Waals surface area contributed by atoms with Crippen molar-refractivity contribution in [3.05, 3.63) is 28.8 Å². The van der Waals surface area contributed by atoms with E-state index in [0.29, 0.717) is 31.7 Å². The lowest BCUT2D eigenvalue weighted by molar-refractivity contribution is -0.188. The molecule has 1 aromatic carbocycles. The molecule has 1 aromatic rings. The summed E-state index contributed by atoms with van der Waals surface area (Å²) >= 11 is 0. The second kappa shape index (κ2) is 9.41. The van der Waals surface area contributed by atoms with E-state index < -0.39 is 17.6 Å². The highest BCUT2D eigenvalue weighted by atomic mass is 35.5. The molecule has 2 N–H and O–H groups in total. The van der Waals surface area contributed by atoms with Crippen molar-refractivity contribution in [1.82, 2.24) is 10.2 Å². The van der Waals surface area contributed by atoms with Crippen LogP contribution in [0.1, 0.15) is 64.3 Å². The molecule has 1 aliphatic heterocycles. The number of nitrogens with zero attached hydrogens (tertiary/aromatic N) is 1. The van der Waals surface area contributed by atoms with Crippen LogP contribution in [0.2, 0.25) is 0 Å². The fourth-order valence-electron chi connectivity index (χ4n) is 3.39. The van der Waals surface area contributed by atoms with Crippen LogP contribution in [0.3, 0.4) is 0 Å². The van der Waals surface area contributed by atoms with Crippen molar-refractivity contribution in [2.75, 3.05) is 26.2 Å². The second-order valence-electron chi connectivity index (χ2n) is 9.19. The molecule has 0 unspecified atom stereocenters. The molecule has 0 aliphatic carbocycles. The maximum absolute atomic E-state index is 14.1. The SMILES string of the molecule is CC(C)(C)c1cc([C@@H](N2CCNCC2)C(F)(F)F)c(O)c(C(C)(C)C)c1.Cl.Cl. The molecular weight excluding hydrogens is 412 g/mol. The van der Waals surface area contributed by atoms with Gasteiger partial charge in [0, 0.05) is 31.7 Å². The number of aromatic hydroxyl groups is 1. The molecule has 1 aliphatic rings. The number of halogens is 5. The number of hydrogen-bond donors (Lipinski definition) is 2. The van der Waals surface area contributed by atoms with Crippen LogP contribution in [0.5, 0.6) is 5.75 Å². The van der Waals surface area contributed by atoms with E-state index in [0.717, 1.165) is 5.56 Å². The first kappa shape index (κ1) is 27.3. The number of alkyl halides is 3. The van der Waals surface area contributed by atoms with E-state index in [1.54, 1.807) is 6.07 Å². The minimum atomic E-state index is -4.46. The van der Waals surface area contributed by atoms with Gasteiger partial charge in [-0.3, -0.25) is 4.90 Å². The standard InChI is InChI=1S/C20H31F3N2O.2ClH/c1-18(2,3)13-11-14(16(26)15(12-13)19(4,5)6)17(20(21,22)23)25-9-7-24-8-10-25;;/h11-12,17,24,26H,7-10H2,1-6H3;2*1H/t17-;;/m1../s1. The summed E-state index contributed by atoms with van der Waals surface area (Å²) in [6.07, 6.45) is -4.46. The molecule has 8 heteroatoms. The Kier molecular flexibility index (Phi) is 9.18. The van der Waals surface area contributed by atoms with Crippen molar-refractivity contribution in [2.45, 2.75) is 64.6 Å². The highest BCUT2D eigenvalue weighted by molar-refractivity contribution is 5.85. The van der Waals surface area contributed by atoms with Gasteiger partial charge in [0.2, 0.25) is 0 Å². The lowest BCUT2D eigenvalue weighted by Crippen LogP contribution is -2.49. The average molecular weight is 445 g/mol. The molecule has 164 valence electrons. The number of rotatable bonds is 2. The fraction of sp³-hybridized carbons (Fsp3) is 0.700. The summed E-state index contributed by atoms with van der Waals surface area (Å²) in [6.45, 7) is 13.3. The molecular formula is C20H33Cl2F3N2O. The van der Waals surface area contributed by atoms with E-state index in [1.807, 2.05) is 47.6 Å². The fourth-order valence-corrected chi connectivity index (χ4v) is 3.39. The molecule has 0 radical (unpaired) electrons. The molecule has 0 spiro atoms. The smallest absolute Gasteiger partial charge is 0.408 e. The zero-order valence-electron chi connectivity index (χ0n) is 17.4. The van der Waals surface area contributed by atoms with Crippen LogP contribution >= 0.6 is 24.8 Å². The Balaban J connectivity index is 0.00000364. The van der Waals surface area contributed by atoms with E-state index in [2.05, 4.69) is 5.32 Å². The minimum Gasteiger partial charge on any atom is -0.507 e. The summed E-state index contributed by atoms with van der Waals surface area (Å²) in [4.78, 5) is 1.42. The van der Waals surface area contributed by atoms with Crippen LogP contribution < -0.4 is 5.32 Å². The molecule has 0 saturated carbocycles. The van der Waals surface area contributed by atoms with Crippen molar-refractivity contribution in [1.29, 1.82) is 0 Å². The van der Waals surface area contributed by atoms with Crippen LogP contribution in [0, 0.1) is 0 Å². The summed E-state index contributed by atoms with van der Waals surface area (Å²) in [5.41, 5.74) is 0.558. The first-order chi connectivity index (χ1) is 11.7. The van der Waals surface area contributed by atoms with E-state index in [9.17, 15) is 18.3 Å². The van der Waals surface area contributed by atoms with Crippen LogP contribution in [0.4, 0.5) is 13.2 Å². The van der Waals surface area contributed by atoms with Crippen LogP contribution in [0.15, 0.2) is 12.1 Å². The molecule has 3 nitrogen and oxygen atoms in total. The zero-order chi connectivity index (χ0) is 19.9. The predicted octanol–water partition coefficient (Wildman–Crippen LogP) is 5.34.